The minimum absolute atomic E-state index is 0.245. The second kappa shape index (κ2) is 8.90. The molecule has 1 fully saturated rings. The Hall–Kier alpha value is -2.73. The number of thiophene rings is 1. The van der Waals surface area contributed by atoms with Gasteiger partial charge in [0.2, 0.25) is 5.91 Å². The second-order valence-electron chi connectivity index (χ2n) is 7.45. The van der Waals surface area contributed by atoms with Crippen molar-refractivity contribution in [2.45, 2.75) is 30.0 Å². The molecule has 1 saturated heterocycles. The molecule has 1 atom stereocenters. The van der Waals surface area contributed by atoms with E-state index in [9.17, 15) is 13.2 Å². The van der Waals surface area contributed by atoms with Gasteiger partial charge in [-0.05, 0) is 43.3 Å². The molecule has 3 aromatic heterocycles. The van der Waals surface area contributed by atoms with Gasteiger partial charge in [0.05, 0.1) is 6.61 Å². The minimum Gasteiger partial charge on any atom is -0.490 e. The number of nitrogens with zero attached hydrogens (tertiary/aromatic N) is 2. The predicted molar refractivity (Wildman–Crippen MR) is 128 cm³/mol. The van der Waals surface area contributed by atoms with Gasteiger partial charge in [0.1, 0.15) is 15.9 Å². The number of para-hydroxylation sites is 1. The summed E-state index contributed by atoms with van der Waals surface area (Å²) < 4.78 is 39.0. The molecule has 1 unspecified atom stereocenters. The van der Waals surface area contributed by atoms with Crippen molar-refractivity contribution in [1.82, 2.24) is 9.29 Å². The third-order valence-electron chi connectivity index (χ3n) is 5.36. The van der Waals surface area contributed by atoms with Crippen LogP contribution in [-0.4, -0.2) is 42.8 Å². The summed E-state index contributed by atoms with van der Waals surface area (Å²) in [5.41, 5.74) is 1.23. The van der Waals surface area contributed by atoms with Crippen LogP contribution in [0.5, 0.6) is 5.75 Å². The van der Waals surface area contributed by atoms with Gasteiger partial charge in [-0.3, -0.25) is 4.79 Å². The van der Waals surface area contributed by atoms with Crippen LogP contribution in [-0.2, 0) is 14.8 Å². The lowest BCUT2D eigenvalue weighted by atomic mass is 10.2. The Labute approximate surface area is 198 Å². The Morgan fingerprint density at radius 2 is 2.18 bits per heavy atom. The van der Waals surface area contributed by atoms with E-state index in [2.05, 4.69) is 10.3 Å². The summed E-state index contributed by atoms with van der Waals surface area (Å²) in [6.45, 7) is 2.76. The topological polar surface area (TPSA) is 102 Å². The zero-order chi connectivity index (χ0) is 23.0. The van der Waals surface area contributed by atoms with Gasteiger partial charge in [-0.15, -0.1) is 22.7 Å². The number of ether oxygens (including phenoxy) is 1. The first-order valence-electron chi connectivity index (χ1n) is 10.4. The highest BCUT2D eigenvalue weighted by Crippen LogP contribution is 2.35. The average molecular weight is 504 g/mol. The predicted octanol–water partition coefficient (Wildman–Crippen LogP) is 4.81. The van der Waals surface area contributed by atoms with E-state index in [-0.39, 0.29) is 10.1 Å². The maximum absolute atomic E-state index is 13.0. The molecule has 0 radical (unpaired) electrons. The fourth-order valence-corrected chi connectivity index (χ4v) is 7.36. The van der Waals surface area contributed by atoms with Crippen LogP contribution in [0.2, 0.25) is 0 Å². The fraction of sp³-hybridized carbons (Fsp3) is 0.273. The van der Waals surface area contributed by atoms with Crippen LogP contribution in [0.15, 0.2) is 55.8 Å². The van der Waals surface area contributed by atoms with Crippen LogP contribution >= 0.6 is 22.7 Å². The number of hydrogen-bond acceptors (Lipinski definition) is 8. The normalized spacial score (nSPS) is 16.9. The summed E-state index contributed by atoms with van der Waals surface area (Å²) in [6, 6.07) is 10.1. The quantitative estimate of drug-likeness (QED) is 0.388. The molecule has 0 bridgehead atoms. The van der Waals surface area contributed by atoms with Crippen molar-refractivity contribution in [3.05, 3.63) is 47.2 Å². The molecule has 1 aliphatic heterocycles. The molecule has 33 heavy (non-hydrogen) atoms. The molecule has 0 spiro atoms. The number of amides is 1. The molecule has 1 N–H and O–H groups in total. The number of aromatic nitrogens is 1. The van der Waals surface area contributed by atoms with Crippen molar-refractivity contribution in [2.75, 3.05) is 18.5 Å². The van der Waals surface area contributed by atoms with Crippen molar-refractivity contribution in [2.24, 2.45) is 0 Å². The van der Waals surface area contributed by atoms with Gasteiger partial charge in [-0.25, -0.2) is 13.4 Å². The van der Waals surface area contributed by atoms with E-state index in [4.69, 9.17) is 9.15 Å². The Kier molecular flexibility index (Phi) is 5.95. The molecule has 1 amide bonds. The number of fused-ring (bicyclic) bond motifs is 1. The molecule has 172 valence electrons. The SMILES string of the molecule is CCOc1cccc2cc(-c3csc(NC(=O)C4CCCN4S(=O)(=O)c4cccs4)n3)oc12. The third kappa shape index (κ3) is 4.17. The van der Waals surface area contributed by atoms with Crippen molar-refractivity contribution in [3.8, 4) is 17.2 Å². The summed E-state index contributed by atoms with van der Waals surface area (Å²) in [7, 11) is -3.70. The van der Waals surface area contributed by atoms with Crippen LogP contribution in [0.1, 0.15) is 19.8 Å². The van der Waals surface area contributed by atoms with Crippen LogP contribution in [0.4, 0.5) is 5.13 Å². The number of anilines is 1. The number of furan rings is 1. The van der Waals surface area contributed by atoms with Gasteiger partial charge in [0.25, 0.3) is 10.0 Å². The van der Waals surface area contributed by atoms with Crippen molar-refractivity contribution in [3.63, 3.8) is 0 Å². The Bertz CT molecular complexity index is 1390. The number of carbonyl (C=O) groups excluding carboxylic acids is 1. The fourth-order valence-electron chi connectivity index (χ4n) is 3.88. The first-order chi connectivity index (χ1) is 16.0. The monoisotopic (exact) mass is 503 g/mol. The zero-order valence-corrected chi connectivity index (χ0v) is 20.1. The van der Waals surface area contributed by atoms with Gasteiger partial charge >= 0.3 is 0 Å². The van der Waals surface area contributed by atoms with Gasteiger partial charge in [0, 0.05) is 17.3 Å². The van der Waals surface area contributed by atoms with Gasteiger partial charge in [-0.2, -0.15) is 4.31 Å². The van der Waals surface area contributed by atoms with Crippen LogP contribution in [0, 0.1) is 0 Å². The Balaban J connectivity index is 1.34. The molecule has 0 saturated carbocycles. The van der Waals surface area contributed by atoms with Crippen LogP contribution < -0.4 is 10.1 Å². The number of sulfonamides is 1. The summed E-state index contributed by atoms with van der Waals surface area (Å²) in [5, 5.41) is 7.58. The lowest BCUT2D eigenvalue weighted by molar-refractivity contribution is -0.119. The maximum Gasteiger partial charge on any atom is 0.253 e. The summed E-state index contributed by atoms with van der Waals surface area (Å²) >= 11 is 2.41. The van der Waals surface area contributed by atoms with E-state index in [0.29, 0.717) is 53.9 Å². The molecular formula is C22H21N3O5S3. The lowest BCUT2D eigenvalue weighted by Gasteiger charge is -2.22. The molecule has 1 aromatic carbocycles. The largest absolute Gasteiger partial charge is 0.490 e. The van der Waals surface area contributed by atoms with Crippen LogP contribution in [0.25, 0.3) is 22.4 Å². The van der Waals surface area contributed by atoms with E-state index in [1.807, 2.05) is 31.2 Å². The van der Waals surface area contributed by atoms with Crippen LogP contribution in [0.3, 0.4) is 0 Å². The summed E-state index contributed by atoms with van der Waals surface area (Å²) in [5.74, 6) is 0.853. The minimum atomic E-state index is -3.70. The first-order valence-corrected chi connectivity index (χ1v) is 13.6. The highest BCUT2D eigenvalue weighted by molar-refractivity contribution is 7.91. The van der Waals surface area contributed by atoms with E-state index in [0.717, 1.165) is 16.7 Å². The molecule has 4 aromatic rings. The number of hydrogen-bond donors (Lipinski definition) is 1. The molecule has 4 heterocycles. The zero-order valence-electron chi connectivity index (χ0n) is 17.7. The standard InChI is InChI=1S/C22H21N3O5S3/c1-2-29-17-8-3-6-14-12-18(30-20(14)17)15-13-32-22(23-15)24-21(26)16-7-4-10-25(16)33(27,28)19-9-5-11-31-19/h3,5-6,8-9,11-13,16H,2,4,7,10H2,1H3,(H,23,24,26). The van der Waals surface area contributed by atoms with Gasteiger partial charge in [-0.1, -0.05) is 18.2 Å². The van der Waals surface area contributed by atoms with E-state index >= 15 is 0 Å². The number of benzene rings is 1. The van der Waals surface area contributed by atoms with Crippen molar-refractivity contribution >= 4 is 54.7 Å². The van der Waals surface area contributed by atoms with E-state index in [1.165, 1.54) is 15.6 Å². The maximum atomic E-state index is 13.0. The Morgan fingerprint density at radius 3 is 2.97 bits per heavy atom. The summed E-state index contributed by atoms with van der Waals surface area (Å²) in [4.78, 5) is 17.4. The smallest absolute Gasteiger partial charge is 0.253 e. The van der Waals surface area contributed by atoms with E-state index < -0.39 is 16.1 Å². The highest BCUT2D eigenvalue weighted by Gasteiger charge is 2.40. The second-order valence-corrected chi connectivity index (χ2v) is 11.4. The van der Waals surface area contributed by atoms with Gasteiger partial charge < -0.3 is 14.5 Å². The number of carbonyl (C=O) groups is 1. The lowest BCUT2D eigenvalue weighted by Crippen LogP contribution is -2.42. The molecular weight excluding hydrogens is 482 g/mol. The Morgan fingerprint density at radius 1 is 1.30 bits per heavy atom. The average Bonchev–Trinajstić information content (AvgIpc) is 3.60. The highest BCUT2D eigenvalue weighted by atomic mass is 32.2. The van der Waals surface area contributed by atoms with Crippen molar-refractivity contribution in [1.29, 1.82) is 0 Å². The number of rotatable bonds is 7. The molecule has 5 rings (SSSR count). The molecule has 1 aliphatic rings. The first kappa shape index (κ1) is 22.1. The molecule has 0 aliphatic carbocycles. The molecule has 8 nitrogen and oxygen atoms in total. The number of nitrogens with one attached hydrogen (secondary N) is 1. The van der Waals surface area contributed by atoms with Gasteiger partial charge in [0.15, 0.2) is 22.2 Å². The summed E-state index contributed by atoms with van der Waals surface area (Å²) in [6.07, 6.45) is 1.10. The number of thiazole rings is 1. The molecule has 11 heteroatoms. The van der Waals surface area contributed by atoms with E-state index in [1.54, 1.807) is 22.9 Å². The van der Waals surface area contributed by atoms with Crippen molar-refractivity contribution < 1.29 is 22.4 Å². The third-order valence-corrected chi connectivity index (χ3v) is 9.40.